The van der Waals surface area contributed by atoms with Crippen LogP contribution >= 0.6 is 12.2 Å². The summed E-state index contributed by atoms with van der Waals surface area (Å²) < 4.78 is 2.08. The first-order valence-corrected chi connectivity index (χ1v) is 12.4. The fourth-order valence-corrected chi connectivity index (χ4v) is 4.83. The van der Waals surface area contributed by atoms with Gasteiger partial charge in [0.15, 0.2) is 5.11 Å². The number of hydrogen-bond donors (Lipinski definition) is 2. The molecule has 1 saturated heterocycles. The molecule has 0 radical (unpaired) electrons. The Hall–Kier alpha value is -4.04. The monoisotopic (exact) mass is 496 g/mol. The minimum atomic E-state index is -0.169. The lowest BCUT2D eigenvalue weighted by Gasteiger charge is -2.28. The van der Waals surface area contributed by atoms with Crippen molar-refractivity contribution in [3.63, 3.8) is 0 Å². The van der Waals surface area contributed by atoms with E-state index in [0.29, 0.717) is 18.1 Å². The number of benzene rings is 1. The third-order valence-electron chi connectivity index (χ3n) is 6.34. The second kappa shape index (κ2) is 10.3. The first-order chi connectivity index (χ1) is 17.5. The fraction of sp³-hybridized carbons (Fsp3) is 0.214. The fourth-order valence-electron chi connectivity index (χ4n) is 4.50. The van der Waals surface area contributed by atoms with Crippen LogP contribution in [0.1, 0.15) is 41.0 Å². The van der Waals surface area contributed by atoms with Crippen LogP contribution in [0.15, 0.2) is 85.3 Å². The lowest BCUT2D eigenvalue weighted by Crippen LogP contribution is -2.33. The zero-order chi connectivity index (χ0) is 25.1. The summed E-state index contributed by atoms with van der Waals surface area (Å²) >= 11 is 5.77. The summed E-state index contributed by atoms with van der Waals surface area (Å²) in [5.41, 5.74) is 4.95. The number of nitrogens with one attached hydrogen (secondary N) is 2. The first kappa shape index (κ1) is 23.7. The second-order valence-electron chi connectivity index (χ2n) is 8.98. The highest BCUT2D eigenvalue weighted by atomic mass is 32.1. The molecule has 2 N–H and O–H groups in total. The molecule has 1 aliphatic heterocycles. The molecule has 3 aromatic heterocycles. The summed E-state index contributed by atoms with van der Waals surface area (Å²) in [4.78, 5) is 24.1. The number of nitrogens with zero attached hydrogens (tertiary/aromatic N) is 4. The van der Waals surface area contributed by atoms with Gasteiger partial charge in [-0.3, -0.25) is 9.78 Å². The number of hydrogen-bond acceptors (Lipinski definition) is 4. The van der Waals surface area contributed by atoms with Crippen LogP contribution in [-0.4, -0.2) is 37.0 Å². The van der Waals surface area contributed by atoms with Crippen molar-refractivity contribution < 1.29 is 4.79 Å². The van der Waals surface area contributed by atoms with E-state index in [0.717, 1.165) is 34.0 Å². The summed E-state index contributed by atoms with van der Waals surface area (Å²) in [6, 6.07) is 21.5. The number of pyridine rings is 2. The zero-order valence-electron chi connectivity index (χ0n) is 20.3. The van der Waals surface area contributed by atoms with Gasteiger partial charge < -0.3 is 20.1 Å². The van der Waals surface area contributed by atoms with E-state index < -0.39 is 0 Å². The minimum Gasteiger partial charge on any atom is -0.352 e. The molecular formula is C28H28N6OS. The highest BCUT2D eigenvalue weighted by molar-refractivity contribution is 7.80. The van der Waals surface area contributed by atoms with Crippen molar-refractivity contribution in [3.05, 3.63) is 108 Å². The molecule has 1 aromatic carbocycles. The molecule has 0 saturated carbocycles. The van der Waals surface area contributed by atoms with Crippen LogP contribution in [0, 0.1) is 13.8 Å². The number of carbonyl (C=O) groups excluding carboxylic acids is 1. The molecule has 36 heavy (non-hydrogen) atoms. The van der Waals surface area contributed by atoms with E-state index in [1.165, 1.54) is 0 Å². The standard InChI is InChI=1S/C28H28N6OS/c1-19-8-11-21(12-9-19)31-25(35)14-17-34-27(26(32-28(34)36)22-6-3-4-15-29-22)23-7-5-16-33(23)24-13-10-20(2)18-30-24/h3-13,15-16,18,26-27H,14,17H2,1-2H3,(H,31,35)(H,32,36)/t26-,27+/m0/s1. The van der Waals surface area contributed by atoms with Gasteiger partial charge >= 0.3 is 0 Å². The van der Waals surface area contributed by atoms with Gasteiger partial charge in [-0.25, -0.2) is 4.98 Å². The SMILES string of the molecule is Cc1ccc(NC(=O)CCN2C(=S)N[C@@H](c3ccccn3)[C@H]2c2cccn2-c2ccc(C)cn2)cc1. The van der Waals surface area contributed by atoms with E-state index in [9.17, 15) is 4.79 Å². The zero-order valence-corrected chi connectivity index (χ0v) is 21.1. The average Bonchev–Trinajstić information content (AvgIpc) is 3.49. The molecule has 182 valence electrons. The molecule has 1 fully saturated rings. The van der Waals surface area contributed by atoms with E-state index in [1.807, 2.05) is 86.9 Å². The molecule has 0 bridgehead atoms. The summed E-state index contributed by atoms with van der Waals surface area (Å²) in [6.07, 6.45) is 5.95. The van der Waals surface area contributed by atoms with Gasteiger partial charge in [0.05, 0.1) is 17.8 Å². The van der Waals surface area contributed by atoms with Gasteiger partial charge in [-0.05, 0) is 74.1 Å². The van der Waals surface area contributed by atoms with E-state index >= 15 is 0 Å². The number of carbonyl (C=O) groups is 1. The Morgan fingerprint density at radius 3 is 2.53 bits per heavy atom. The van der Waals surface area contributed by atoms with Crippen LogP contribution in [0.2, 0.25) is 0 Å². The third kappa shape index (κ3) is 4.99. The molecule has 0 spiro atoms. The Labute approximate surface area is 216 Å². The molecule has 1 aliphatic rings. The highest BCUT2D eigenvalue weighted by Crippen LogP contribution is 2.39. The van der Waals surface area contributed by atoms with Crippen LogP contribution < -0.4 is 10.6 Å². The number of thiocarbonyl (C=S) groups is 1. The lowest BCUT2D eigenvalue weighted by molar-refractivity contribution is -0.116. The van der Waals surface area contributed by atoms with Gasteiger partial charge in [-0.15, -0.1) is 0 Å². The largest absolute Gasteiger partial charge is 0.352 e. The van der Waals surface area contributed by atoms with Crippen molar-refractivity contribution >= 4 is 28.9 Å². The Morgan fingerprint density at radius 2 is 1.81 bits per heavy atom. The van der Waals surface area contributed by atoms with Crippen LogP contribution in [0.25, 0.3) is 5.82 Å². The Kier molecular flexibility index (Phi) is 6.77. The average molecular weight is 497 g/mol. The molecule has 5 rings (SSSR count). The molecule has 7 nitrogen and oxygen atoms in total. The predicted molar refractivity (Wildman–Crippen MR) is 145 cm³/mol. The maximum atomic E-state index is 12.8. The van der Waals surface area contributed by atoms with E-state index in [1.54, 1.807) is 6.20 Å². The van der Waals surface area contributed by atoms with E-state index in [4.69, 9.17) is 12.2 Å². The molecular weight excluding hydrogens is 468 g/mol. The van der Waals surface area contributed by atoms with E-state index in [-0.39, 0.29) is 18.0 Å². The highest BCUT2D eigenvalue weighted by Gasteiger charge is 2.41. The normalized spacial score (nSPS) is 17.2. The quantitative estimate of drug-likeness (QED) is 0.355. The summed E-state index contributed by atoms with van der Waals surface area (Å²) in [5, 5.41) is 7.04. The third-order valence-corrected chi connectivity index (χ3v) is 6.69. The maximum Gasteiger partial charge on any atom is 0.226 e. The van der Waals surface area contributed by atoms with Gasteiger partial charge in [0.25, 0.3) is 0 Å². The molecule has 1 amide bonds. The number of amides is 1. The smallest absolute Gasteiger partial charge is 0.226 e. The van der Waals surface area contributed by atoms with Crippen molar-refractivity contribution in [1.82, 2.24) is 24.8 Å². The Balaban J connectivity index is 1.43. The number of anilines is 1. The second-order valence-corrected chi connectivity index (χ2v) is 9.37. The van der Waals surface area contributed by atoms with Crippen molar-refractivity contribution in [2.75, 3.05) is 11.9 Å². The summed E-state index contributed by atoms with van der Waals surface area (Å²) in [5.74, 6) is 0.771. The van der Waals surface area contributed by atoms with Gasteiger partial charge in [-0.2, -0.15) is 0 Å². The predicted octanol–water partition coefficient (Wildman–Crippen LogP) is 4.89. The van der Waals surface area contributed by atoms with Crippen LogP contribution in [0.5, 0.6) is 0 Å². The van der Waals surface area contributed by atoms with E-state index in [2.05, 4.69) is 36.1 Å². The summed E-state index contributed by atoms with van der Waals surface area (Å²) in [7, 11) is 0. The molecule has 0 unspecified atom stereocenters. The van der Waals surface area contributed by atoms with Crippen molar-refractivity contribution in [2.24, 2.45) is 0 Å². The molecule has 0 aliphatic carbocycles. The van der Waals surface area contributed by atoms with Gasteiger partial charge in [0.2, 0.25) is 5.91 Å². The molecule has 4 heterocycles. The summed E-state index contributed by atoms with van der Waals surface area (Å²) in [6.45, 7) is 4.50. The van der Waals surface area contributed by atoms with Crippen LogP contribution in [0.3, 0.4) is 0 Å². The van der Waals surface area contributed by atoms with Crippen molar-refractivity contribution in [1.29, 1.82) is 0 Å². The Bertz CT molecular complexity index is 1350. The topological polar surface area (TPSA) is 75.1 Å². The van der Waals surface area contributed by atoms with Crippen LogP contribution in [-0.2, 0) is 4.79 Å². The Morgan fingerprint density at radius 1 is 1.00 bits per heavy atom. The van der Waals surface area contributed by atoms with Gasteiger partial charge in [-0.1, -0.05) is 29.8 Å². The molecule has 8 heteroatoms. The number of aryl methyl sites for hydroxylation is 2. The van der Waals surface area contributed by atoms with Crippen molar-refractivity contribution in [2.45, 2.75) is 32.4 Å². The minimum absolute atomic E-state index is 0.0581. The maximum absolute atomic E-state index is 12.8. The van der Waals surface area contributed by atoms with Gasteiger partial charge in [0, 0.05) is 42.9 Å². The number of aromatic nitrogens is 3. The molecule has 4 aromatic rings. The van der Waals surface area contributed by atoms with Crippen molar-refractivity contribution in [3.8, 4) is 5.82 Å². The molecule has 2 atom stereocenters. The first-order valence-electron chi connectivity index (χ1n) is 11.9. The lowest BCUT2D eigenvalue weighted by atomic mass is 10.0. The van der Waals surface area contributed by atoms with Gasteiger partial charge in [0.1, 0.15) is 5.82 Å². The number of rotatable bonds is 7. The van der Waals surface area contributed by atoms with Crippen LogP contribution in [0.4, 0.5) is 5.69 Å².